The molecule has 0 aliphatic heterocycles. The molecule has 0 N–H and O–H groups in total. The van der Waals surface area contributed by atoms with Gasteiger partial charge in [-0.05, 0) is 22.3 Å². The first-order valence-corrected chi connectivity index (χ1v) is 18.2. The minimum atomic E-state index is -1.71. The molecule has 0 saturated carbocycles. The Kier molecular flexibility index (Phi) is 5.74. The van der Waals surface area contributed by atoms with Crippen molar-refractivity contribution in [3.05, 3.63) is 101 Å². The molecule has 32 heavy (non-hydrogen) atoms. The molecule has 1 aliphatic rings. The number of nitrogens with zero attached hydrogens (tertiary/aromatic N) is 2. The van der Waals surface area contributed by atoms with Crippen molar-refractivity contribution < 1.29 is 0 Å². The molecule has 0 aromatic heterocycles. The van der Waals surface area contributed by atoms with Gasteiger partial charge in [0.15, 0.2) is 0 Å². The van der Waals surface area contributed by atoms with Crippen LogP contribution in [0.5, 0.6) is 0 Å². The Morgan fingerprint density at radius 2 is 1.22 bits per heavy atom. The van der Waals surface area contributed by atoms with E-state index in [4.69, 9.17) is 0 Å². The summed E-state index contributed by atoms with van der Waals surface area (Å²) in [6, 6.07) is 30.6. The zero-order chi connectivity index (χ0) is 23.1. The lowest BCUT2D eigenvalue weighted by molar-refractivity contribution is 0.856. The lowest BCUT2D eigenvalue weighted by Gasteiger charge is -2.47. The molecule has 2 nitrogen and oxygen atoms in total. The van der Waals surface area contributed by atoms with Crippen molar-refractivity contribution in [3.8, 4) is 17.2 Å². The second-order valence-corrected chi connectivity index (χ2v) is 20.6. The SMILES string of the molecule is C[Si](C)(C)N(C1=C(C#N)C(c2ccc(-c3ccccc3)cc2)c2ccccc21)[Si](C)(C)C. The molecule has 0 bridgehead atoms. The van der Waals surface area contributed by atoms with E-state index < -0.39 is 16.5 Å². The molecular formula is C28H32N2Si2. The van der Waals surface area contributed by atoms with Crippen LogP contribution < -0.4 is 0 Å². The van der Waals surface area contributed by atoms with E-state index >= 15 is 0 Å². The Morgan fingerprint density at radius 3 is 1.78 bits per heavy atom. The Balaban J connectivity index is 1.89. The molecule has 1 aliphatic carbocycles. The van der Waals surface area contributed by atoms with Crippen molar-refractivity contribution in [2.24, 2.45) is 0 Å². The number of nitriles is 1. The average Bonchev–Trinajstić information content (AvgIpc) is 3.06. The minimum absolute atomic E-state index is 0.00813. The molecule has 3 aromatic rings. The lowest BCUT2D eigenvalue weighted by Crippen LogP contribution is -2.57. The van der Waals surface area contributed by atoms with E-state index in [1.54, 1.807) is 0 Å². The second kappa shape index (κ2) is 8.24. The second-order valence-electron chi connectivity index (χ2n) is 10.6. The molecule has 0 saturated heterocycles. The fourth-order valence-electron chi connectivity index (χ4n) is 5.28. The van der Waals surface area contributed by atoms with Crippen LogP contribution >= 0.6 is 0 Å². The maximum Gasteiger partial charge on any atom is 0.138 e. The van der Waals surface area contributed by atoms with Crippen LogP contribution in [0, 0.1) is 11.3 Å². The fourth-order valence-corrected chi connectivity index (χ4v) is 15.2. The number of allylic oxidation sites excluding steroid dienone is 1. The smallest absolute Gasteiger partial charge is 0.138 e. The van der Waals surface area contributed by atoms with Crippen LogP contribution in [0.25, 0.3) is 16.8 Å². The maximum absolute atomic E-state index is 10.4. The van der Waals surface area contributed by atoms with Crippen LogP contribution in [0.3, 0.4) is 0 Å². The van der Waals surface area contributed by atoms with Crippen LogP contribution in [0.1, 0.15) is 22.6 Å². The molecule has 1 atom stereocenters. The van der Waals surface area contributed by atoms with Crippen LogP contribution in [-0.2, 0) is 0 Å². The lowest BCUT2D eigenvalue weighted by atomic mass is 9.88. The van der Waals surface area contributed by atoms with Gasteiger partial charge >= 0.3 is 0 Å². The third kappa shape index (κ3) is 3.99. The van der Waals surface area contributed by atoms with Crippen LogP contribution in [0.4, 0.5) is 0 Å². The molecule has 0 fully saturated rings. The first-order chi connectivity index (χ1) is 15.1. The van der Waals surface area contributed by atoms with Gasteiger partial charge in [-0.25, -0.2) is 0 Å². The number of fused-ring (bicyclic) bond motifs is 1. The topological polar surface area (TPSA) is 27.0 Å². The van der Waals surface area contributed by atoms with Gasteiger partial charge in [0, 0.05) is 17.2 Å². The van der Waals surface area contributed by atoms with E-state index in [9.17, 15) is 5.26 Å². The number of hydrogen-bond acceptors (Lipinski definition) is 2. The van der Waals surface area contributed by atoms with E-state index in [-0.39, 0.29) is 5.92 Å². The molecule has 3 aromatic carbocycles. The Hall–Kier alpha value is -2.88. The highest BCUT2D eigenvalue weighted by Gasteiger charge is 2.43. The van der Waals surface area contributed by atoms with E-state index in [1.165, 1.54) is 33.5 Å². The first-order valence-electron chi connectivity index (χ1n) is 11.3. The predicted octanol–water partition coefficient (Wildman–Crippen LogP) is 7.71. The quantitative estimate of drug-likeness (QED) is 0.371. The van der Waals surface area contributed by atoms with Gasteiger partial charge in [-0.1, -0.05) is 118 Å². The monoisotopic (exact) mass is 452 g/mol. The van der Waals surface area contributed by atoms with E-state index in [2.05, 4.69) is 122 Å². The van der Waals surface area contributed by atoms with Crippen molar-refractivity contribution >= 4 is 22.2 Å². The van der Waals surface area contributed by atoms with Gasteiger partial charge in [-0.3, -0.25) is 0 Å². The summed E-state index contributed by atoms with van der Waals surface area (Å²) in [5, 5.41) is 10.4. The molecule has 0 amide bonds. The summed E-state index contributed by atoms with van der Waals surface area (Å²) in [6.45, 7) is 14.4. The van der Waals surface area contributed by atoms with Crippen molar-refractivity contribution in [1.29, 1.82) is 5.26 Å². The summed E-state index contributed by atoms with van der Waals surface area (Å²) in [7, 11) is -3.42. The van der Waals surface area contributed by atoms with Crippen molar-refractivity contribution in [3.63, 3.8) is 0 Å². The van der Waals surface area contributed by atoms with Gasteiger partial charge in [0.1, 0.15) is 16.5 Å². The highest BCUT2D eigenvalue weighted by Crippen LogP contribution is 2.49. The first kappa shape index (κ1) is 22.3. The molecular weight excluding hydrogens is 420 g/mol. The summed E-state index contributed by atoms with van der Waals surface area (Å²) in [4.78, 5) is 0. The van der Waals surface area contributed by atoms with Crippen molar-refractivity contribution in [2.75, 3.05) is 0 Å². The van der Waals surface area contributed by atoms with Crippen LogP contribution in [0.15, 0.2) is 84.4 Å². The molecule has 162 valence electrons. The van der Waals surface area contributed by atoms with E-state index in [1.807, 2.05) is 6.07 Å². The van der Waals surface area contributed by atoms with Gasteiger partial charge < -0.3 is 4.23 Å². The summed E-state index contributed by atoms with van der Waals surface area (Å²) < 4.78 is 2.70. The van der Waals surface area contributed by atoms with Crippen molar-refractivity contribution in [1.82, 2.24) is 4.23 Å². The van der Waals surface area contributed by atoms with Gasteiger partial charge in [-0.2, -0.15) is 5.26 Å². The molecule has 0 radical (unpaired) electrons. The zero-order valence-electron chi connectivity index (χ0n) is 20.0. The van der Waals surface area contributed by atoms with E-state index in [0.717, 1.165) is 5.57 Å². The van der Waals surface area contributed by atoms with Gasteiger partial charge in [0.05, 0.1) is 11.6 Å². The highest BCUT2D eigenvalue weighted by atomic mass is 28.4. The minimum Gasteiger partial charge on any atom is -0.423 e. The third-order valence-corrected chi connectivity index (χ3v) is 13.3. The summed E-state index contributed by atoms with van der Waals surface area (Å²) in [6.07, 6.45) is 0. The maximum atomic E-state index is 10.4. The Bertz CT molecular complexity index is 1180. The number of rotatable bonds is 5. The molecule has 4 heteroatoms. The van der Waals surface area contributed by atoms with Gasteiger partial charge in [0.2, 0.25) is 0 Å². The summed E-state index contributed by atoms with van der Waals surface area (Å²) >= 11 is 0. The van der Waals surface area contributed by atoms with Crippen LogP contribution in [0.2, 0.25) is 39.3 Å². The Labute approximate surface area is 195 Å². The van der Waals surface area contributed by atoms with Gasteiger partial charge in [-0.15, -0.1) is 0 Å². The fraction of sp³-hybridized carbons (Fsp3) is 0.250. The summed E-state index contributed by atoms with van der Waals surface area (Å²) in [5.74, 6) is -0.00813. The number of hydrogen-bond donors (Lipinski definition) is 0. The number of benzene rings is 3. The van der Waals surface area contributed by atoms with E-state index in [0.29, 0.717) is 0 Å². The van der Waals surface area contributed by atoms with Crippen LogP contribution in [-0.4, -0.2) is 20.7 Å². The highest BCUT2D eigenvalue weighted by molar-refractivity contribution is 6.91. The Morgan fingerprint density at radius 1 is 0.688 bits per heavy atom. The van der Waals surface area contributed by atoms with Crippen molar-refractivity contribution in [2.45, 2.75) is 45.2 Å². The van der Waals surface area contributed by atoms with Gasteiger partial charge in [0.25, 0.3) is 0 Å². The standard InChI is InChI=1S/C28H32N2Si2/c1-31(2,3)30(32(4,5)6)28-25-15-11-10-14-24(25)27(26(28)20-29)23-18-16-22(17-19-23)21-12-8-7-9-13-21/h7-19,27H,1-6H3. The molecule has 1 unspecified atom stereocenters. The normalized spacial score (nSPS) is 16.0. The molecule has 0 heterocycles. The predicted molar refractivity (Wildman–Crippen MR) is 141 cm³/mol. The molecule has 0 spiro atoms. The summed E-state index contributed by atoms with van der Waals surface area (Å²) in [5.41, 5.74) is 8.20. The molecule has 4 rings (SSSR count). The zero-order valence-corrected chi connectivity index (χ0v) is 22.0. The largest absolute Gasteiger partial charge is 0.423 e. The average molecular weight is 453 g/mol. The third-order valence-electron chi connectivity index (χ3n) is 6.11.